The zero-order chi connectivity index (χ0) is 14.4. The van der Waals surface area contributed by atoms with Gasteiger partial charge in [0.05, 0.1) is 0 Å². The molecule has 0 aliphatic heterocycles. The number of aryl methyl sites for hydroxylation is 1. The molecule has 0 bridgehead atoms. The van der Waals surface area contributed by atoms with Crippen LogP contribution in [0.4, 0.5) is 5.69 Å². The molecule has 0 radical (unpaired) electrons. The normalized spacial score (nSPS) is 22.4. The van der Waals surface area contributed by atoms with Crippen molar-refractivity contribution in [1.29, 1.82) is 0 Å². The molecule has 0 unspecified atom stereocenters. The number of rotatable bonds is 5. The maximum Gasteiger partial charge on any atom is 0.220 e. The first-order valence-corrected chi connectivity index (χ1v) is 7.74. The standard InChI is InChI=1S/C17H26N2O/c1-13-5-7-15(8-6-13)12-19-17(20)10-9-14-3-2-4-16(18)11-14/h2-4,11,13,15H,5-10,12,18H2,1H3,(H,19,20). The van der Waals surface area contributed by atoms with E-state index in [1.54, 1.807) is 0 Å². The van der Waals surface area contributed by atoms with Gasteiger partial charge in [-0.15, -0.1) is 0 Å². The van der Waals surface area contributed by atoms with Gasteiger partial charge in [0.15, 0.2) is 0 Å². The average molecular weight is 274 g/mol. The highest BCUT2D eigenvalue weighted by atomic mass is 16.1. The van der Waals surface area contributed by atoms with Crippen molar-refractivity contribution in [3.8, 4) is 0 Å². The summed E-state index contributed by atoms with van der Waals surface area (Å²) >= 11 is 0. The Hall–Kier alpha value is -1.51. The third kappa shape index (κ3) is 4.87. The Morgan fingerprint density at radius 3 is 2.75 bits per heavy atom. The van der Waals surface area contributed by atoms with Crippen LogP contribution in [0.15, 0.2) is 24.3 Å². The summed E-state index contributed by atoms with van der Waals surface area (Å²) in [7, 11) is 0. The van der Waals surface area contributed by atoms with E-state index in [1.165, 1.54) is 25.7 Å². The average Bonchev–Trinajstić information content (AvgIpc) is 2.45. The van der Waals surface area contributed by atoms with Crippen LogP contribution < -0.4 is 11.1 Å². The quantitative estimate of drug-likeness (QED) is 0.810. The van der Waals surface area contributed by atoms with Gasteiger partial charge in [0.1, 0.15) is 0 Å². The van der Waals surface area contributed by atoms with Gasteiger partial charge in [-0.2, -0.15) is 0 Å². The van der Waals surface area contributed by atoms with Gasteiger partial charge in [-0.05, 0) is 48.8 Å². The zero-order valence-electron chi connectivity index (χ0n) is 12.4. The van der Waals surface area contributed by atoms with Crippen LogP contribution in [0.5, 0.6) is 0 Å². The van der Waals surface area contributed by atoms with Gasteiger partial charge in [-0.25, -0.2) is 0 Å². The molecule has 0 spiro atoms. The molecule has 1 saturated carbocycles. The van der Waals surface area contributed by atoms with E-state index < -0.39 is 0 Å². The third-order valence-electron chi connectivity index (χ3n) is 4.32. The molecule has 110 valence electrons. The lowest BCUT2D eigenvalue weighted by Crippen LogP contribution is -2.31. The highest BCUT2D eigenvalue weighted by Gasteiger charge is 2.18. The predicted molar refractivity (Wildman–Crippen MR) is 83.3 cm³/mol. The summed E-state index contributed by atoms with van der Waals surface area (Å²) in [5.74, 6) is 1.71. The fourth-order valence-electron chi connectivity index (χ4n) is 2.89. The largest absolute Gasteiger partial charge is 0.399 e. The Bertz CT molecular complexity index is 436. The first kappa shape index (κ1) is 14.9. The van der Waals surface area contributed by atoms with Crippen LogP contribution in [0.1, 0.15) is 44.6 Å². The molecule has 1 amide bonds. The monoisotopic (exact) mass is 274 g/mol. The molecule has 1 aliphatic rings. The molecule has 20 heavy (non-hydrogen) atoms. The van der Waals surface area contributed by atoms with Crippen LogP contribution in [-0.2, 0) is 11.2 Å². The molecule has 3 nitrogen and oxygen atoms in total. The third-order valence-corrected chi connectivity index (χ3v) is 4.32. The van der Waals surface area contributed by atoms with Gasteiger partial charge in [-0.1, -0.05) is 31.9 Å². The maximum atomic E-state index is 11.9. The van der Waals surface area contributed by atoms with E-state index in [9.17, 15) is 4.79 Å². The molecule has 1 fully saturated rings. The van der Waals surface area contributed by atoms with Crippen molar-refractivity contribution in [2.45, 2.75) is 45.4 Å². The molecule has 1 aliphatic carbocycles. The van der Waals surface area contributed by atoms with E-state index in [2.05, 4.69) is 12.2 Å². The molecule has 0 aromatic heterocycles. The molecule has 0 saturated heterocycles. The smallest absolute Gasteiger partial charge is 0.220 e. The Kier molecular flexibility index (Phi) is 5.45. The number of hydrogen-bond acceptors (Lipinski definition) is 2. The Balaban J connectivity index is 1.65. The maximum absolute atomic E-state index is 11.9. The van der Waals surface area contributed by atoms with Gasteiger partial charge in [0.2, 0.25) is 5.91 Å². The van der Waals surface area contributed by atoms with Gasteiger partial charge >= 0.3 is 0 Å². The summed E-state index contributed by atoms with van der Waals surface area (Å²) in [4.78, 5) is 11.9. The van der Waals surface area contributed by atoms with E-state index >= 15 is 0 Å². The van der Waals surface area contributed by atoms with Crippen LogP contribution in [0, 0.1) is 11.8 Å². The summed E-state index contributed by atoms with van der Waals surface area (Å²) in [6, 6.07) is 7.77. The predicted octanol–water partition coefficient (Wildman–Crippen LogP) is 3.14. The molecular formula is C17H26N2O. The van der Waals surface area contributed by atoms with E-state index in [1.807, 2.05) is 24.3 Å². The summed E-state index contributed by atoms with van der Waals surface area (Å²) in [5.41, 5.74) is 7.63. The first-order chi connectivity index (χ1) is 9.63. The molecule has 0 atom stereocenters. The van der Waals surface area contributed by atoms with Crippen LogP contribution in [0.3, 0.4) is 0 Å². The Morgan fingerprint density at radius 2 is 2.05 bits per heavy atom. The SMILES string of the molecule is CC1CCC(CNC(=O)CCc2cccc(N)c2)CC1. The van der Waals surface area contributed by atoms with Gasteiger partial charge in [0.25, 0.3) is 0 Å². The van der Waals surface area contributed by atoms with Crippen molar-refractivity contribution in [3.05, 3.63) is 29.8 Å². The minimum atomic E-state index is 0.158. The lowest BCUT2D eigenvalue weighted by atomic mass is 9.83. The molecule has 0 heterocycles. The summed E-state index contributed by atoms with van der Waals surface area (Å²) < 4.78 is 0. The van der Waals surface area contributed by atoms with Gasteiger partial charge in [0, 0.05) is 18.7 Å². The fraction of sp³-hybridized carbons (Fsp3) is 0.588. The highest BCUT2D eigenvalue weighted by Crippen LogP contribution is 2.27. The van der Waals surface area contributed by atoms with Crippen LogP contribution in [-0.4, -0.2) is 12.5 Å². The molecular weight excluding hydrogens is 248 g/mol. The van der Waals surface area contributed by atoms with Crippen molar-refractivity contribution in [2.75, 3.05) is 12.3 Å². The second kappa shape index (κ2) is 7.32. The van der Waals surface area contributed by atoms with Crippen molar-refractivity contribution >= 4 is 11.6 Å². The van der Waals surface area contributed by atoms with Gasteiger partial charge < -0.3 is 11.1 Å². The van der Waals surface area contributed by atoms with Crippen molar-refractivity contribution in [1.82, 2.24) is 5.32 Å². The number of carbonyl (C=O) groups excluding carboxylic acids is 1. The topological polar surface area (TPSA) is 55.1 Å². The van der Waals surface area contributed by atoms with Gasteiger partial charge in [-0.3, -0.25) is 4.79 Å². The number of anilines is 1. The molecule has 1 aromatic carbocycles. The molecule has 1 aromatic rings. The molecule has 2 rings (SSSR count). The summed E-state index contributed by atoms with van der Waals surface area (Å²) in [6.07, 6.45) is 6.45. The number of benzene rings is 1. The van der Waals surface area contributed by atoms with Crippen molar-refractivity contribution in [2.24, 2.45) is 11.8 Å². The van der Waals surface area contributed by atoms with Crippen LogP contribution in [0.2, 0.25) is 0 Å². The Labute approximate surface area is 121 Å². The second-order valence-corrected chi connectivity index (χ2v) is 6.18. The number of hydrogen-bond donors (Lipinski definition) is 2. The second-order valence-electron chi connectivity index (χ2n) is 6.18. The number of carbonyl (C=O) groups is 1. The highest BCUT2D eigenvalue weighted by molar-refractivity contribution is 5.76. The summed E-state index contributed by atoms with van der Waals surface area (Å²) in [6.45, 7) is 3.17. The van der Waals surface area contributed by atoms with E-state index in [0.29, 0.717) is 12.3 Å². The number of nitrogen functional groups attached to an aromatic ring is 1. The number of amides is 1. The molecule has 3 heteroatoms. The Morgan fingerprint density at radius 1 is 1.30 bits per heavy atom. The lowest BCUT2D eigenvalue weighted by Gasteiger charge is -2.26. The number of nitrogens with one attached hydrogen (secondary N) is 1. The zero-order valence-corrected chi connectivity index (χ0v) is 12.4. The van der Waals surface area contributed by atoms with E-state index in [4.69, 9.17) is 5.73 Å². The van der Waals surface area contributed by atoms with Crippen molar-refractivity contribution in [3.63, 3.8) is 0 Å². The van der Waals surface area contributed by atoms with Crippen LogP contribution >= 0.6 is 0 Å². The number of nitrogens with two attached hydrogens (primary N) is 1. The minimum absolute atomic E-state index is 0.158. The lowest BCUT2D eigenvalue weighted by molar-refractivity contribution is -0.121. The fourth-order valence-corrected chi connectivity index (χ4v) is 2.89. The minimum Gasteiger partial charge on any atom is -0.399 e. The summed E-state index contributed by atoms with van der Waals surface area (Å²) in [5, 5.41) is 3.08. The van der Waals surface area contributed by atoms with Crippen LogP contribution in [0.25, 0.3) is 0 Å². The van der Waals surface area contributed by atoms with E-state index in [0.717, 1.165) is 30.1 Å². The van der Waals surface area contributed by atoms with E-state index in [-0.39, 0.29) is 5.91 Å². The molecule has 3 N–H and O–H groups in total. The first-order valence-electron chi connectivity index (χ1n) is 7.74. The van der Waals surface area contributed by atoms with Crippen molar-refractivity contribution < 1.29 is 4.79 Å².